The first-order valence-electron chi connectivity index (χ1n) is 8.33. The minimum atomic E-state index is -0.0377. The second-order valence-corrected chi connectivity index (χ2v) is 6.20. The molecule has 1 saturated carbocycles. The Hall–Kier alpha value is -2.69. The Balaban J connectivity index is 1.84. The van der Waals surface area contributed by atoms with Crippen LogP contribution in [0.25, 0.3) is 11.1 Å². The minimum Gasteiger partial charge on any atom is -0.336 e. The van der Waals surface area contributed by atoms with Crippen LogP contribution < -0.4 is 4.90 Å². The third kappa shape index (κ3) is 2.46. The molecule has 1 fully saturated rings. The maximum Gasteiger partial charge on any atom is 0.259 e. The molecule has 4 rings (SSSR count). The lowest BCUT2D eigenvalue weighted by atomic mass is 10.1. The van der Waals surface area contributed by atoms with Crippen molar-refractivity contribution in [3.63, 3.8) is 0 Å². The first-order chi connectivity index (χ1) is 11.7. The predicted octanol–water partition coefficient (Wildman–Crippen LogP) is 4.08. The van der Waals surface area contributed by atoms with Gasteiger partial charge >= 0.3 is 0 Å². The van der Waals surface area contributed by atoms with E-state index in [1.54, 1.807) is 4.90 Å². The number of para-hydroxylation sites is 1. The van der Waals surface area contributed by atoms with E-state index in [1.165, 1.54) is 0 Å². The Morgan fingerprint density at radius 3 is 2.71 bits per heavy atom. The lowest BCUT2D eigenvalue weighted by Crippen LogP contribution is -2.31. The SMILES string of the molecule is CCN(C(=O)c1cc(C2CC2)nc2onc(C)c12)c1ccccc1. The topological polar surface area (TPSA) is 59.2 Å². The van der Waals surface area contributed by atoms with Gasteiger partial charge in [0.15, 0.2) is 0 Å². The molecule has 0 radical (unpaired) electrons. The molecule has 2 heterocycles. The zero-order valence-corrected chi connectivity index (χ0v) is 13.8. The van der Waals surface area contributed by atoms with Crippen molar-refractivity contribution in [3.05, 3.63) is 53.3 Å². The molecule has 0 bridgehead atoms. The fourth-order valence-electron chi connectivity index (χ4n) is 3.07. The quantitative estimate of drug-likeness (QED) is 0.726. The molecule has 0 unspecified atom stereocenters. The lowest BCUT2D eigenvalue weighted by molar-refractivity contribution is 0.0989. The summed E-state index contributed by atoms with van der Waals surface area (Å²) in [5.41, 5.74) is 3.62. The maximum atomic E-state index is 13.3. The zero-order valence-electron chi connectivity index (χ0n) is 13.8. The van der Waals surface area contributed by atoms with Gasteiger partial charge in [0.05, 0.1) is 16.6 Å². The van der Waals surface area contributed by atoms with Crippen LogP contribution in [-0.4, -0.2) is 22.6 Å². The molecule has 2 aromatic heterocycles. The largest absolute Gasteiger partial charge is 0.336 e. The van der Waals surface area contributed by atoms with Crippen molar-refractivity contribution in [1.82, 2.24) is 10.1 Å². The fourth-order valence-corrected chi connectivity index (χ4v) is 3.07. The molecule has 0 aliphatic heterocycles. The van der Waals surface area contributed by atoms with Crippen molar-refractivity contribution in [2.75, 3.05) is 11.4 Å². The van der Waals surface area contributed by atoms with E-state index >= 15 is 0 Å². The number of pyridine rings is 1. The van der Waals surface area contributed by atoms with Gasteiger partial charge < -0.3 is 9.42 Å². The summed E-state index contributed by atoms with van der Waals surface area (Å²) in [4.78, 5) is 19.6. The molecule has 5 nitrogen and oxygen atoms in total. The molecule has 1 amide bonds. The van der Waals surface area contributed by atoms with Crippen LogP contribution in [0.4, 0.5) is 5.69 Å². The highest BCUT2D eigenvalue weighted by Gasteiger charge is 2.29. The number of fused-ring (bicyclic) bond motifs is 1. The summed E-state index contributed by atoms with van der Waals surface area (Å²) in [6.45, 7) is 4.42. The predicted molar refractivity (Wildman–Crippen MR) is 92.3 cm³/mol. The number of carbonyl (C=O) groups is 1. The molecular weight excluding hydrogens is 302 g/mol. The Morgan fingerprint density at radius 2 is 2.04 bits per heavy atom. The summed E-state index contributed by atoms with van der Waals surface area (Å²) in [5.74, 6) is 0.405. The van der Waals surface area contributed by atoms with E-state index < -0.39 is 0 Å². The van der Waals surface area contributed by atoms with Crippen molar-refractivity contribution >= 4 is 22.7 Å². The van der Waals surface area contributed by atoms with E-state index in [0.29, 0.717) is 29.4 Å². The standard InChI is InChI=1S/C19H19N3O2/c1-3-22(14-7-5-4-6-8-14)19(23)15-11-16(13-9-10-13)20-18-17(15)12(2)21-24-18/h4-8,11,13H,3,9-10H2,1-2H3. The van der Waals surface area contributed by atoms with Gasteiger partial charge in [0.1, 0.15) is 0 Å². The van der Waals surface area contributed by atoms with Crippen LogP contribution in [0.3, 0.4) is 0 Å². The molecule has 0 atom stereocenters. The summed E-state index contributed by atoms with van der Waals surface area (Å²) in [7, 11) is 0. The van der Waals surface area contributed by atoms with Gasteiger partial charge in [-0.3, -0.25) is 4.79 Å². The number of benzene rings is 1. The van der Waals surface area contributed by atoms with E-state index in [4.69, 9.17) is 4.52 Å². The average Bonchev–Trinajstić information content (AvgIpc) is 3.40. The van der Waals surface area contributed by atoms with Crippen LogP contribution >= 0.6 is 0 Å². The van der Waals surface area contributed by atoms with Gasteiger partial charge in [-0.05, 0) is 44.9 Å². The summed E-state index contributed by atoms with van der Waals surface area (Å²) in [6, 6.07) is 11.6. The maximum absolute atomic E-state index is 13.3. The summed E-state index contributed by atoms with van der Waals surface area (Å²) >= 11 is 0. The third-order valence-corrected chi connectivity index (χ3v) is 4.49. The molecule has 3 aromatic rings. The van der Waals surface area contributed by atoms with Gasteiger partial charge in [-0.1, -0.05) is 23.4 Å². The van der Waals surface area contributed by atoms with Gasteiger partial charge in [-0.15, -0.1) is 0 Å². The molecule has 0 saturated heterocycles. The van der Waals surface area contributed by atoms with Crippen LogP contribution in [0, 0.1) is 6.92 Å². The van der Waals surface area contributed by atoms with Gasteiger partial charge in [0, 0.05) is 23.8 Å². The minimum absolute atomic E-state index is 0.0377. The van der Waals surface area contributed by atoms with Crippen LogP contribution in [-0.2, 0) is 0 Å². The molecule has 5 heteroatoms. The second kappa shape index (κ2) is 5.74. The van der Waals surface area contributed by atoms with Gasteiger partial charge in [-0.25, -0.2) is 4.98 Å². The highest BCUT2D eigenvalue weighted by Crippen LogP contribution is 2.40. The zero-order chi connectivity index (χ0) is 16.7. The van der Waals surface area contributed by atoms with Crippen LogP contribution in [0.2, 0.25) is 0 Å². The van der Waals surface area contributed by atoms with Crippen molar-refractivity contribution in [3.8, 4) is 0 Å². The first kappa shape index (κ1) is 14.9. The molecule has 122 valence electrons. The first-order valence-corrected chi connectivity index (χ1v) is 8.33. The number of amides is 1. The molecule has 0 N–H and O–H groups in total. The molecule has 1 aromatic carbocycles. The highest BCUT2D eigenvalue weighted by molar-refractivity contribution is 6.13. The normalized spacial score (nSPS) is 14.1. The summed E-state index contributed by atoms with van der Waals surface area (Å²) in [5, 5.41) is 4.73. The van der Waals surface area contributed by atoms with Crippen molar-refractivity contribution in [2.45, 2.75) is 32.6 Å². The monoisotopic (exact) mass is 321 g/mol. The van der Waals surface area contributed by atoms with Crippen molar-refractivity contribution in [1.29, 1.82) is 0 Å². The number of hydrogen-bond donors (Lipinski definition) is 0. The highest BCUT2D eigenvalue weighted by atomic mass is 16.5. The third-order valence-electron chi connectivity index (χ3n) is 4.49. The number of hydrogen-bond acceptors (Lipinski definition) is 4. The number of carbonyl (C=O) groups excluding carboxylic acids is 1. The van der Waals surface area contributed by atoms with Gasteiger partial charge in [0.2, 0.25) is 0 Å². The Morgan fingerprint density at radius 1 is 1.29 bits per heavy atom. The van der Waals surface area contributed by atoms with Crippen molar-refractivity contribution < 1.29 is 9.32 Å². The molecule has 0 spiro atoms. The lowest BCUT2D eigenvalue weighted by Gasteiger charge is -2.21. The van der Waals surface area contributed by atoms with Crippen molar-refractivity contribution in [2.24, 2.45) is 0 Å². The molecular formula is C19H19N3O2. The second-order valence-electron chi connectivity index (χ2n) is 6.20. The average molecular weight is 321 g/mol. The van der Waals surface area contributed by atoms with E-state index in [2.05, 4.69) is 10.1 Å². The number of nitrogens with zero attached hydrogens (tertiary/aromatic N) is 3. The number of anilines is 1. The molecule has 1 aliphatic rings. The summed E-state index contributed by atoms with van der Waals surface area (Å²) in [6.07, 6.45) is 2.24. The van der Waals surface area contributed by atoms with Crippen LogP contribution in [0.5, 0.6) is 0 Å². The van der Waals surface area contributed by atoms with E-state index in [9.17, 15) is 4.79 Å². The molecule has 24 heavy (non-hydrogen) atoms. The smallest absolute Gasteiger partial charge is 0.259 e. The molecule has 1 aliphatic carbocycles. The number of aryl methyl sites for hydroxylation is 1. The van der Waals surface area contributed by atoms with Crippen LogP contribution in [0.1, 0.15) is 47.4 Å². The van der Waals surface area contributed by atoms with Gasteiger partial charge in [0.25, 0.3) is 11.6 Å². The number of rotatable bonds is 4. The Kier molecular flexibility index (Phi) is 3.56. The van der Waals surface area contributed by atoms with Gasteiger partial charge in [-0.2, -0.15) is 0 Å². The van der Waals surface area contributed by atoms with Crippen LogP contribution in [0.15, 0.2) is 40.9 Å². The van der Waals surface area contributed by atoms with E-state index in [1.807, 2.05) is 50.2 Å². The Bertz CT molecular complexity index is 898. The Labute approximate surface area is 140 Å². The number of aromatic nitrogens is 2. The van der Waals surface area contributed by atoms with E-state index in [0.717, 1.165) is 29.6 Å². The summed E-state index contributed by atoms with van der Waals surface area (Å²) < 4.78 is 5.35. The fraction of sp³-hybridized carbons (Fsp3) is 0.316. The van der Waals surface area contributed by atoms with E-state index in [-0.39, 0.29) is 5.91 Å².